The fourth-order valence-electron chi connectivity index (χ4n) is 3.44. The van der Waals surface area contributed by atoms with Gasteiger partial charge in [-0.3, -0.25) is 33.9 Å². The number of carbonyl (C=O) groups is 3. The number of hydrogen-bond donors (Lipinski definition) is 4. The number of amides is 2. The predicted octanol–water partition coefficient (Wildman–Crippen LogP) is -2.26. The Balaban J connectivity index is 0.00000380. The summed E-state index contributed by atoms with van der Waals surface area (Å²) in [5, 5.41) is 19.6. The van der Waals surface area contributed by atoms with Gasteiger partial charge in [0.15, 0.2) is 16.0 Å². The molecule has 0 radical (unpaired) electrons. The molecule has 19 heteroatoms. The summed E-state index contributed by atoms with van der Waals surface area (Å²) in [6, 6.07) is -0.995. The van der Waals surface area contributed by atoms with Crippen LogP contribution in [-0.4, -0.2) is 113 Å². The van der Waals surface area contributed by atoms with Crippen molar-refractivity contribution >= 4 is 93.0 Å². The summed E-state index contributed by atoms with van der Waals surface area (Å²) < 4.78 is 1.25. The van der Waals surface area contributed by atoms with Crippen LogP contribution < -0.4 is 22.2 Å². The average molecular weight is 579 g/mol. The molecule has 37 heavy (non-hydrogen) atoms. The Morgan fingerprint density at radius 3 is 2.73 bits per heavy atom. The summed E-state index contributed by atoms with van der Waals surface area (Å²) in [5.41, 5.74) is 4.00. The Labute approximate surface area is 242 Å². The van der Waals surface area contributed by atoms with Crippen molar-refractivity contribution in [1.82, 2.24) is 30.0 Å². The van der Waals surface area contributed by atoms with Crippen LogP contribution in [-0.2, 0) is 26.3 Å². The SMILES string of the molecule is CON=C(C(=O)N[C@@H]1C(=O)N2C(C(=O)O)=C(CSc3nc(=O)c(=O)[nH]n3C)CS[C@H]12)c1csc(N)n1.[NaH]. The summed E-state index contributed by atoms with van der Waals surface area (Å²) in [6.45, 7) is 0. The standard InChI is InChI=1S/C18H18N8O7S3.Na.H/c1-25-18(22-12(28)13(29)23-25)36-4-6-3-34-15-9(14(30)26(15)10(6)16(31)32)21-11(27)8(24-33-2)7-5-35-17(19)20-7;;/h5,9,15H,3-4H2,1-2H3,(H2,19,20)(H,21,27)(H,23,29)(H,31,32);;/t9-,15-;;/m1../s1. The van der Waals surface area contributed by atoms with E-state index < -0.39 is 40.3 Å². The molecule has 0 bridgehead atoms. The van der Waals surface area contributed by atoms with E-state index in [9.17, 15) is 29.1 Å². The maximum absolute atomic E-state index is 12.9. The van der Waals surface area contributed by atoms with Crippen LogP contribution in [0, 0.1) is 0 Å². The third-order valence-electron chi connectivity index (χ3n) is 5.02. The van der Waals surface area contributed by atoms with Crippen LogP contribution in [0.5, 0.6) is 0 Å². The molecule has 0 aliphatic carbocycles. The molecule has 2 aromatic heterocycles. The van der Waals surface area contributed by atoms with E-state index >= 15 is 0 Å². The molecule has 1 fully saturated rings. The van der Waals surface area contributed by atoms with E-state index in [1.165, 1.54) is 36.0 Å². The van der Waals surface area contributed by atoms with Crippen LogP contribution in [0.15, 0.2) is 36.6 Å². The summed E-state index contributed by atoms with van der Waals surface area (Å²) in [6.07, 6.45) is 0. The van der Waals surface area contributed by atoms with Crippen LogP contribution in [0.1, 0.15) is 5.69 Å². The van der Waals surface area contributed by atoms with E-state index in [-0.39, 0.29) is 68.5 Å². The molecule has 2 atom stereocenters. The number of oxime groups is 1. The molecule has 2 aromatic rings. The molecule has 1 saturated heterocycles. The first-order chi connectivity index (χ1) is 17.1. The molecular weight excluding hydrogens is 559 g/mol. The minimum absolute atomic E-state index is 0. The van der Waals surface area contributed by atoms with Crippen LogP contribution in [0.25, 0.3) is 0 Å². The molecule has 0 unspecified atom stereocenters. The van der Waals surface area contributed by atoms with Gasteiger partial charge >= 0.3 is 46.6 Å². The molecule has 2 amide bonds. The third kappa shape index (κ3) is 5.78. The van der Waals surface area contributed by atoms with Crippen molar-refractivity contribution in [3.05, 3.63) is 43.1 Å². The number of rotatable bonds is 8. The zero-order chi connectivity index (χ0) is 26.1. The normalized spacial score (nSPS) is 19.0. The second-order valence-electron chi connectivity index (χ2n) is 7.30. The van der Waals surface area contributed by atoms with Crippen molar-refractivity contribution in [3.63, 3.8) is 0 Å². The fraction of sp³-hybridized carbons (Fsp3) is 0.333. The number of carboxylic acids is 1. The Kier molecular flexibility index (Phi) is 9.24. The van der Waals surface area contributed by atoms with Crippen molar-refractivity contribution < 1.29 is 24.3 Å². The number of H-pyrrole nitrogens is 1. The average Bonchev–Trinajstić information content (AvgIpc) is 3.27. The molecule has 4 heterocycles. The van der Waals surface area contributed by atoms with E-state index in [0.29, 0.717) is 5.57 Å². The Morgan fingerprint density at radius 2 is 2.11 bits per heavy atom. The molecular formula is C18H19N8NaO7S3. The molecule has 2 aliphatic rings. The van der Waals surface area contributed by atoms with Crippen LogP contribution in [0.4, 0.5) is 5.13 Å². The first-order valence-electron chi connectivity index (χ1n) is 9.96. The van der Waals surface area contributed by atoms with Gasteiger partial charge < -0.3 is 21.0 Å². The van der Waals surface area contributed by atoms with Gasteiger partial charge in [-0.1, -0.05) is 16.9 Å². The van der Waals surface area contributed by atoms with Crippen LogP contribution in [0.3, 0.4) is 0 Å². The van der Waals surface area contributed by atoms with Crippen LogP contribution in [0.2, 0.25) is 0 Å². The van der Waals surface area contributed by atoms with Gasteiger partial charge in [-0.05, 0) is 5.57 Å². The van der Waals surface area contributed by atoms with Gasteiger partial charge in [-0.15, -0.1) is 23.1 Å². The van der Waals surface area contributed by atoms with E-state index in [1.54, 1.807) is 0 Å². The number of hydrogen-bond acceptors (Lipinski definition) is 13. The van der Waals surface area contributed by atoms with Crippen molar-refractivity contribution in [3.8, 4) is 0 Å². The number of nitrogen functional groups attached to an aromatic ring is 1. The Bertz CT molecular complexity index is 1430. The van der Waals surface area contributed by atoms with Crippen molar-refractivity contribution in [2.75, 3.05) is 24.3 Å². The van der Waals surface area contributed by atoms with E-state index in [1.807, 2.05) is 0 Å². The Hall–Kier alpha value is -2.64. The number of aromatic nitrogens is 4. The van der Waals surface area contributed by atoms with Gasteiger partial charge in [-0.25, -0.2) is 9.78 Å². The number of thioether (sulfide) groups is 2. The van der Waals surface area contributed by atoms with Gasteiger partial charge in [0.1, 0.15) is 29.9 Å². The molecule has 15 nitrogen and oxygen atoms in total. The minimum atomic E-state index is -1.31. The third-order valence-corrected chi connectivity index (χ3v) is 8.15. The van der Waals surface area contributed by atoms with Gasteiger partial charge in [-0.2, -0.15) is 4.98 Å². The maximum atomic E-state index is 12.9. The summed E-state index contributed by atoms with van der Waals surface area (Å²) >= 11 is 3.41. The van der Waals surface area contributed by atoms with Crippen molar-refractivity contribution in [2.45, 2.75) is 16.6 Å². The number of aliphatic carboxylic acids is 1. The van der Waals surface area contributed by atoms with Gasteiger partial charge in [0.2, 0.25) is 0 Å². The van der Waals surface area contributed by atoms with E-state index in [2.05, 4.69) is 25.5 Å². The molecule has 0 spiro atoms. The number of aryl methyl sites for hydroxylation is 1. The zero-order valence-electron chi connectivity index (χ0n) is 18.6. The number of carbonyl (C=O) groups excluding carboxylic acids is 2. The van der Waals surface area contributed by atoms with Crippen LogP contribution >= 0.6 is 34.9 Å². The predicted molar refractivity (Wildman–Crippen MR) is 138 cm³/mol. The summed E-state index contributed by atoms with van der Waals surface area (Å²) in [4.78, 5) is 74.3. The molecule has 0 aromatic carbocycles. The summed E-state index contributed by atoms with van der Waals surface area (Å²) in [7, 11) is 2.74. The number of anilines is 1. The quantitative estimate of drug-likeness (QED) is 0.0652. The number of carboxylic acid groups (broad SMARTS) is 1. The number of aromatic amines is 1. The van der Waals surface area contributed by atoms with Gasteiger partial charge in [0, 0.05) is 23.9 Å². The first kappa shape index (κ1) is 28.9. The molecule has 4 rings (SSSR count). The first-order valence-corrected chi connectivity index (χ1v) is 12.9. The number of thiazole rings is 1. The second kappa shape index (κ2) is 11.8. The number of nitrogens with two attached hydrogens (primary N) is 1. The number of fused-ring (bicyclic) bond motifs is 1. The fourth-order valence-corrected chi connectivity index (χ4v) is 6.39. The number of nitrogens with one attached hydrogen (secondary N) is 2. The molecule has 5 N–H and O–H groups in total. The second-order valence-corrected chi connectivity index (χ2v) is 10.2. The number of nitrogens with zero attached hydrogens (tertiary/aromatic N) is 5. The molecule has 2 aliphatic heterocycles. The van der Waals surface area contributed by atoms with Gasteiger partial charge in [0.25, 0.3) is 11.8 Å². The van der Waals surface area contributed by atoms with Crippen molar-refractivity contribution in [1.29, 1.82) is 0 Å². The van der Waals surface area contributed by atoms with E-state index in [4.69, 9.17) is 10.6 Å². The number of β-lactam (4-membered cyclic amide) rings is 1. The van der Waals surface area contributed by atoms with E-state index in [0.717, 1.165) is 28.0 Å². The monoisotopic (exact) mass is 578 g/mol. The van der Waals surface area contributed by atoms with Crippen molar-refractivity contribution in [2.24, 2.45) is 12.2 Å². The zero-order valence-corrected chi connectivity index (χ0v) is 21.0. The molecule has 192 valence electrons. The topological polar surface area (TPSA) is 215 Å². The molecule has 0 saturated carbocycles. The summed E-state index contributed by atoms with van der Waals surface area (Å²) in [5.74, 6) is -2.30. The Morgan fingerprint density at radius 1 is 1.38 bits per heavy atom. The van der Waals surface area contributed by atoms with Gasteiger partial charge in [0.05, 0.1) is 0 Å².